The predicted octanol–water partition coefficient (Wildman–Crippen LogP) is 2.91. The van der Waals surface area contributed by atoms with Crippen molar-refractivity contribution < 1.29 is 4.74 Å². The lowest BCUT2D eigenvalue weighted by molar-refractivity contribution is 0.286. The maximum atomic E-state index is 5.86. The third-order valence-electron chi connectivity index (χ3n) is 3.46. The fourth-order valence-electron chi connectivity index (χ4n) is 2.59. The maximum Gasteiger partial charge on any atom is 0.134 e. The Hall–Kier alpha value is -2.29. The molecule has 0 aliphatic carbocycles. The number of ether oxygens (including phenoxy) is 1. The fraction of sp³-hybridized carbons (Fsp3) is 0.133. The highest BCUT2D eigenvalue weighted by Crippen LogP contribution is 2.39. The summed E-state index contributed by atoms with van der Waals surface area (Å²) < 4.78 is 5.86. The highest BCUT2D eigenvalue weighted by atomic mass is 16.5. The molecule has 3 nitrogen and oxygen atoms in total. The zero-order chi connectivity index (χ0) is 11.9. The van der Waals surface area contributed by atoms with E-state index in [1.54, 1.807) is 0 Å². The Kier molecular flexibility index (Phi) is 1.94. The van der Waals surface area contributed by atoms with Crippen molar-refractivity contribution in [3.63, 3.8) is 0 Å². The number of aromatic nitrogens is 1. The van der Waals surface area contributed by atoms with Crippen LogP contribution in [0.3, 0.4) is 0 Å². The molecule has 1 aromatic carbocycles. The summed E-state index contributed by atoms with van der Waals surface area (Å²) in [6, 6.07) is 12.3. The van der Waals surface area contributed by atoms with Crippen LogP contribution >= 0.6 is 0 Å². The van der Waals surface area contributed by atoms with E-state index >= 15 is 0 Å². The number of hydrogen-bond donors (Lipinski definition) is 1. The molecule has 18 heavy (non-hydrogen) atoms. The van der Waals surface area contributed by atoms with Gasteiger partial charge in [-0.3, -0.25) is 4.98 Å². The first-order valence-corrected chi connectivity index (χ1v) is 6.07. The van der Waals surface area contributed by atoms with E-state index in [1.807, 2.05) is 12.3 Å². The second kappa shape index (κ2) is 3.60. The van der Waals surface area contributed by atoms with Crippen LogP contribution < -0.4 is 5.32 Å². The number of nitrogens with zero attached hydrogens (tertiary/aromatic N) is 1. The zero-order valence-corrected chi connectivity index (χ0v) is 9.81. The number of pyridine rings is 1. The molecular formula is C15H12N2O. The molecule has 1 N–H and O–H groups in total. The second-order valence-corrected chi connectivity index (χ2v) is 4.51. The van der Waals surface area contributed by atoms with Gasteiger partial charge in [-0.15, -0.1) is 0 Å². The van der Waals surface area contributed by atoms with Gasteiger partial charge in [0.1, 0.15) is 12.4 Å². The highest BCUT2D eigenvalue weighted by Gasteiger charge is 2.26. The van der Waals surface area contributed by atoms with Gasteiger partial charge in [0, 0.05) is 29.4 Å². The highest BCUT2D eigenvalue weighted by molar-refractivity contribution is 5.96. The summed E-state index contributed by atoms with van der Waals surface area (Å²) in [4.78, 5) is 4.46. The molecule has 2 aromatic rings. The minimum absolute atomic E-state index is 0.664. The van der Waals surface area contributed by atoms with Crippen molar-refractivity contribution >= 4 is 17.0 Å². The van der Waals surface area contributed by atoms with Gasteiger partial charge < -0.3 is 10.1 Å². The van der Waals surface area contributed by atoms with Gasteiger partial charge in [0.2, 0.25) is 0 Å². The van der Waals surface area contributed by atoms with Crippen LogP contribution in [0, 0.1) is 0 Å². The monoisotopic (exact) mass is 236 g/mol. The first kappa shape index (κ1) is 9.71. The van der Waals surface area contributed by atoms with Gasteiger partial charge in [-0.1, -0.05) is 24.3 Å². The Labute approximate surface area is 105 Å². The molecule has 0 saturated heterocycles. The Morgan fingerprint density at radius 1 is 1.11 bits per heavy atom. The number of fused-ring (bicyclic) bond motifs is 2. The molecule has 0 amide bonds. The number of anilines is 1. The first-order chi connectivity index (χ1) is 8.93. The molecule has 0 atom stereocenters. The summed E-state index contributed by atoms with van der Waals surface area (Å²) >= 11 is 0. The van der Waals surface area contributed by atoms with Crippen LogP contribution in [0.2, 0.25) is 0 Å². The standard InChI is InChI=1S/C15H12N2O/c1-2-5-11-10(4-1)9-18-15(11)12-8-17-13-6-3-7-16-14(12)13/h1-7,17H,8-9H2. The molecule has 2 aliphatic rings. The van der Waals surface area contributed by atoms with Crippen LogP contribution in [-0.4, -0.2) is 11.5 Å². The quantitative estimate of drug-likeness (QED) is 0.763. The van der Waals surface area contributed by atoms with Gasteiger partial charge in [-0.05, 0) is 12.1 Å². The van der Waals surface area contributed by atoms with E-state index in [4.69, 9.17) is 4.74 Å². The Balaban J connectivity index is 1.93. The third-order valence-corrected chi connectivity index (χ3v) is 3.46. The van der Waals surface area contributed by atoms with Crippen molar-refractivity contribution in [1.29, 1.82) is 0 Å². The van der Waals surface area contributed by atoms with Gasteiger partial charge in [0.05, 0.1) is 11.4 Å². The van der Waals surface area contributed by atoms with Crippen molar-refractivity contribution in [2.45, 2.75) is 6.61 Å². The molecule has 0 radical (unpaired) electrons. The average Bonchev–Trinajstić information content (AvgIpc) is 3.01. The van der Waals surface area contributed by atoms with Gasteiger partial charge in [-0.2, -0.15) is 0 Å². The van der Waals surface area contributed by atoms with Gasteiger partial charge >= 0.3 is 0 Å². The van der Waals surface area contributed by atoms with Crippen molar-refractivity contribution in [3.05, 3.63) is 59.4 Å². The van der Waals surface area contributed by atoms with E-state index in [9.17, 15) is 0 Å². The predicted molar refractivity (Wildman–Crippen MR) is 70.8 cm³/mol. The molecule has 0 spiro atoms. The van der Waals surface area contributed by atoms with Crippen LogP contribution in [0.15, 0.2) is 42.6 Å². The van der Waals surface area contributed by atoms with Crippen molar-refractivity contribution in [2.24, 2.45) is 0 Å². The van der Waals surface area contributed by atoms with E-state index in [0.29, 0.717) is 6.61 Å². The molecule has 1 aromatic heterocycles. The average molecular weight is 236 g/mol. The number of rotatable bonds is 0. The summed E-state index contributed by atoms with van der Waals surface area (Å²) in [7, 11) is 0. The molecule has 4 rings (SSSR count). The van der Waals surface area contributed by atoms with E-state index in [1.165, 1.54) is 11.1 Å². The Morgan fingerprint density at radius 3 is 3.06 bits per heavy atom. The molecule has 3 heteroatoms. The maximum absolute atomic E-state index is 5.86. The Morgan fingerprint density at radius 2 is 2.06 bits per heavy atom. The number of benzene rings is 1. The largest absolute Gasteiger partial charge is 0.488 e. The van der Waals surface area contributed by atoms with Crippen LogP contribution in [0.25, 0.3) is 11.3 Å². The first-order valence-electron chi connectivity index (χ1n) is 6.07. The van der Waals surface area contributed by atoms with E-state index in [-0.39, 0.29) is 0 Å². The molecular weight excluding hydrogens is 224 g/mol. The second-order valence-electron chi connectivity index (χ2n) is 4.51. The number of nitrogens with one attached hydrogen (secondary N) is 1. The zero-order valence-electron chi connectivity index (χ0n) is 9.81. The van der Waals surface area contributed by atoms with Crippen molar-refractivity contribution in [2.75, 3.05) is 11.9 Å². The number of hydrogen-bond acceptors (Lipinski definition) is 3. The van der Waals surface area contributed by atoms with Crippen LogP contribution in [0.4, 0.5) is 5.69 Å². The summed E-state index contributed by atoms with van der Waals surface area (Å²) in [5.41, 5.74) is 5.73. The lowest BCUT2D eigenvalue weighted by Crippen LogP contribution is -1.95. The normalized spacial score (nSPS) is 20.0. The smallest absolute Gasteiger partial charge is 0.134 e. The molecule has 0 saturated carbocycles. The van der Waals surface area contributed by atoms with Gasteiger partial charge in [0.25, 0.3) is 0 Å². The van der Waals surface area contributed by atoms with Crippen molar-refractivity contribution in [3.8, 4) is 0 Å². The summed E-state index contributed by atoms with van der Waals surface area (Å²) in [6.07, 6.45) is 1.83. The summed E-state index contributed by atoms with van der Waals surface area (Å²) in [5, 5.41) is 3.36. The minimum Gasteiger partial charge on any atom is -0.488 e. The van der Waals surface area contributed by atoms with E-state index in [0.717, 1.165) is 29.3 Å². The molecule has 3 heterocycles. The lowest BCUT2D eigenvalue weighted by Gasteiger charge is -2.04. The van der Waals surface area contributed by atoms with Crippen molar-refractivity contribution in [1.82, 2.24) is 4.98 Å². The molecule has 0 fully saturated rings. The van der Waals surface area contributed by atoms with E-state index < -0.39 is 0 Å². The molecule has 0 bridgehead atoms. The van der Waals surface area contributed by atoms with Gasteiger partial charge in [-0.25, -0.2) is 0 Å². The third kappa shape index (κ3) is 1.27. The summed E-state index contributed by atoms with van der Waals surface area (Å²) in [5.74, 6) is 0.982. The molecule has 2 aliphatic heterocycles. The molecule has 88 valence electrons. The van der Waals surface area contributed by atoms with Gasteiger partial charge in [0.15, 0.2) is 0 Å². The molecule has 0 unspecified atom stereocenters. The topological polar surface area (TPSA) is 34.1 Å². The minimum atomic E-state index is 0.664. The lowest BCUT2D eigenvalue weighted by atomic mass is 10.0. The fourth-order valence-corrected chi connectivity index (χ4v) is 2.59. The van der Waals surface area contributed by atoms with Crippen LogP contribution in [0.5, 0.6) is 0 Å². The Bertz CT molecular complexity index is 604. The summed E-state index contributed by atoms with van der Waals surface area (Å²) in [6.45, 7) is 1.45. The van der Waals surface area contributed by atoms with Crippen LogP contribution in [0.1, 0.15) is 16.8 Å². The van der Waals surface area contributed by atoms with E-state index in [2.05, 4.69) is 40.6 Å². The SMILES string of the molecule is c1ccc2c(c1)COC2=C1CNc2cccnc21. The van der Waals surface area contributed by atoms with Crippen LogP contribution in [-0.2, 0) is 11.3 Å².